The SMILES string of the molecule is Clc1ccc(N2Cc3ccccc3C2)c(Cl)c1. The largest absolute Gasteiger partial charge is 0.362 e. The zero-order chi connectivity index (χ0) is 11.8. The minimum atomic E-state index is 0.676. The number of nitrogens with zero attached hydrogens (tertiary/aromatic N) is 1. The second-order valence-electron chi connectivity index (χ2n) is 4.22. The zero-order valence-corrected chi connectivity index (χ0v) is 10.7. The van der Waals surface area contributed by atoms with Crippen LogP contribution in [0.5, 0.6) is 0 Å². The van der Waals surface area contributed by atoms with Crippen LogP contribution in [0.25, 0.3) is 0 Å². The van der Waals surface area contributed by atoms with E-state index in [2.05, 4.69) is 29.2 Å². The van der Waals surface area contributed by atoms with Gasteiger partial charge in [-0.05, 0) is 29.3 Å². The van der Waals surface area contributed by atoms with E-state index < -0.39 is 0 Å². The summed E-state index contributed by atoms with van der Waals surface area (Å²) in [6, 6.07) is 14.1. The van der Waals surface area contributed by atoms with Crippen molar-refractivity contribution in [1.29, 1.82) is 0 Å². The highest BCUT2D eigenvalue weighted by Gasteiger charge is 2.20. The quantitative estimate of drug-likeness (QED) is 0.732. The summed E-state index contributed by atoms with van der Waals surface area (Å²) in [4.78, 5) is 2.27. The van der Waals surface area contributed by atoms with Crippen LogP contribution in [0, 0.1) is 0 Å². The van der Waals surface area contributed by atoms with Crippen LogP contribution in [0.4, 0.5) is 5.69 Å². The number of halogens is 2. The van der Waals surface area contributed by atoms with Crippen LogP contribution >= 0.6 is 23.2 Å². The maximum atomic E-state index is 6.23. The van der Waals surface area contributed by atoms with Crippen molar-refractivity contribution in [1.82, 2.24) is 0 Å². The normalized spacial score (nSPS) is 13.9. The van der Waals surface area contributed by atoms with Crippen LogP contribution in [0.1, 0.15) is 11.1 Å². The van der Waals surface area contributed by atoms with Crippen molar-refractivity contribution in [2.24, 2.45) is 0 Å². The highest BCUT2D eigenvalue weighted by Crippen LogP contribution is 2.34. The summed E-state index contributed by atoms with van der Waals surface area (Å²) >= 11 is 12.1. The Balaban J connectivity index is 1.94. The molecule has 1 heterocycles. The predicted octanol–water partition coefficient (Wildman–Crippen LogP) is 4.51. The smallest absolute Gasteiger partial charge is 0.0654 e. The summed E-state index contributed by atoms with van der Waals surface area (Å²) in [5.74, 6) is 0. The molecule has 0 unspecified atom stereocenters. The lowest BCUT2D eigenvalue weighted by Gasteiger charge is -2.19. The average molecular weight is 264 g/mol. The number of anilines is 1. The molecule has 0 saturated heterocycles. The lowest BCUT2D eigenvalue weighted by atomic mass is 10.1. The molecule has 0 spiro atoms. The minimum Gasteiger partial charge on any atom is -0.362 e. The molecule has 2 aromatic carbocycles. The molecule has 3 heteroatoms. The Kier molecular flexibility index (Phi) is 2.73. The third kappa shape index (κ3) is 2.01. The Morgan fingerprint density at radius 2 is 1.53 bits per heavy atom. The molecule has 0 aliphatic carbocycles. The van der Waals surface area contributed by atoms with Crippen molar-refractivity contribution < 1.29 is 0 Å². The Labute approximate surface area is 111 Å². The first-order chi connectivity index (χ1) is 8.24. The molecule has 0 saturated carbocycles. The third-order valence-corrected chi connectivity index (χ3v) is 3.63. The van der Waals surface area contributed by atoms with E-state index in [1.165, 1.54) is 11.1 Å². The molecule has 0 aromatic heterocycles. The van der Waals surface area contributed by atoms with Gasteiger partial charge >= 0.3 is 0 Å². The molecule has 2 aromatic rings. The first-order valence-electron chi connectivity index (χ1n) is 5.51. The molecule has 86 valence electrons. The van der Waals surface area contributed by atoms with Gasteiger partial charge in [-0.1, -0.05) is 47.5 Å². The van der Waals surface area contributed by atoms with Gasteiger partial charge in [0.05, 0.1) is 10.7 Å². The molecular weight excluding hydrogens is 253 g/mol. The molecule has 0 atom stereocenters. The summed E-state index contributed by atoms with van der Waals surface area (Å²) in [7, 11) is 0. The van der Waals surface area contributed by atoms with E-state index in [9.17, 15) is 0 Å². The Morgan fingerprint density at radius 3 is 2.12 bits per heavy atom. The molecule has 17 heavy (non-hydrogen) atoms. The maximum Gasteiger partial charge on any atom is 0.0654 e. The molecule has 3 rings (SSSR count). The highest BCUT2D eigenvalue weighted by atomic mass is 35.5. The standard InChI is InChI=1S/C14H11Cl2N/c15-12-5-6-14(13(16)7-12)17-8-10-3-1-2-4-11(10)9-17/h1-7H,8-9H2. The summed E-state index contributed by atoms with van der Waals surface area (Å²) in [6.45, 7) is 1.83. The van der Waals surface area contributed by atoms with E-state index in [0.717, 1.165) is 18.8 Å². The topological polar surface area (TPSA) is 3.24 Å². The first-order valence-corrected chi connectivity index (χ1v) is 6.26. The monoisotopic (exact) mass is 263 g/mol. The van der Waals surface area contributed by atoms with Crippen molar-refractivity contribution in [2.45, 2.75) is 13.1 Å². The van der Waals surface area contributed by atoms with Gasteiger partial charge in [-0.3, -0.25) is 0 Å². The van der Waals surface area contributed by atoms with E-state index in [1.807, 2.05) is 12.1 Å². The third-order valence-electron chi connectivity index (χ3n) is 3.09. The van der Waals surface area contributed by atoms with Crippen molar-refractivity contribution in [3.05, 3.63) is 63.6 Å². The molecule has 1 aliphatic heterocycles. The van der Waals surface area contributed by atoms with Crippen LogP contribution < -0.4 is 4.90 Å². The van der Waals surface area contributed by atoms with Gasteiger partial charge in [0.2, 0.25) is 0 Å². The minimum absolute atomic E-state index is 0.676. The van der Waals surface area contributed by atoms with Gasteiger partial charge in [-0.15, -0.1) is 0 Å². The van der Waals surface area contributed by atoms with Gasteiger partial charge in [-0.2, -0.15) is 0 Å². The van der Waals surface area contributed by atoms with Crippen LogP contribution in [-0.4, -0.2) is 0 Å². The summed E-state index contributed by atoms with van der Waals surface area (Å²) in [6.07, 6.45) is 0. The fourth-order valence-electron chi connectivity index (χ4n) is 2.24. The van der Waals surface area contributed by atoms with Gasteiger partial charge in [0.1, 0.15) is 0 Å². The average Bonchev–Trinajstić information content (AvgIpc) is 2.72. The fourth-order valence-corrected chi connectivity index (χ4v) is 2.77. The Hall–Kier alpha value is -1.18. The van der Waals surface area contributed by atoms with Gasteiger partial charge in [0.15, 0.2) is 0 Å². The molecule has 1 nitrogen and oxygen atoms in total. The maximum absolute atomic E-state index is 6.23. The molecule has 0 radical (unpaired) electrons. The summed E-state index contributed by atoms with van der Waals surface area (Å²) in [5, 5.41) is 1.39. The Bertz CT molecular complexity index is 541. The molecule has 0 N–H and O–H groups in total. The molecule has 0 amide bonds. The fraction of sp³-hybridized carbons (Fsp3) is 0.143. The van der Waals surface area contributed by atoms with Crippen LogP contribution in [0.2, 0.25) is 10.0 Å². The van der Waals surface area contributed by atoms with Crippen molar-refractivity contribution in [2.75, 3.05) is 4.90 Å². The van der Waals surface area contributed by atoms with Crippen molar-refractivity contribution >= 4 is 28.9 Å². The molecule has 0 bridgehead atoms. The van der Waals surface area contributed by atoms with Crippen LogP contribution in [0.3, 0.4) is 0 Å². The lowest BCUT2D eigenvalue weighted by Crippen LogP contribution is -2.14. The zero-order valence-electron chi connectivity index (χ0n) is 9.16. The molecular formula is C14H11Cl2N. The molecule has 1 aliphatic rings. The molecule has 0 fully saturated rings. The van der Waals surface area contributed by atoms with E-state index in [-0.39, 0.29) is 0 Å². The van der Waals surface area contributed by atoms with Gasteiger partial charge in [-0.25, -0.2) is 0 Å². The first kappa shape index (κ1) is 10.9. The van der Waals surface area contributed by atoms with Gasteiger partial charge in [0.25, 0.3) is 0 Å². The second-order valence-corrected chi connectivity index (χ2v) is 5.06. The Morgan fingerprint density at radius 1 is 0.882 bits per heavy atom. The van der Waals surface area contributed by atoms with Crippen molar-refractivity contribution in [3.8, 4) is 0 Å². The highest BCUT2D eigenvalue weighted by molar-refractivity contribution is 6.36. The van der Waals surface area contributed by atoms with E-state index in [1.54, 1.807) is 6.07 Å². The van der Waals surface area contributed by atoms with Gasteiger partial charge in [0, 0.05) is 18.1 Å². The number of hydrogen-bond acceptors (Lipinski definition) is 1. The number of benzene rings is 2. The van der Waals surface area contributed by atoms with Crippen LogP contribution in [-0.2, 0) is 13.1 Å². The predicted molar refractivity (Wildman–Crippen MR) is 72.8 cm³/mol. The van der Waals surface area contributed by atoms with Crippen molar-refractivity contribution in [3.63, 3.8) is 0 Å². The van der Waals surface area contributed by atoms with Crippen LogP contribution in [0.15, 0.2) is 42.5 Å². The van der Waals surface area contributed by atoms with E-state index in [4.69, 9.17) is 23.2 Å². The number of rotatable bonds is 1. The van der Waals surface area contributed by atoms with E-state index >= 15 is 0 Å². The van der Waals surface area contributed by atoms with E-state index in [0.29, 0.717) is 10.0 Å². The summed E-state index contributed by atoms with van der Waals surface area (Å²) in [5.41, 5.74) is 3.80. The second kappa shape index (κ2) is 4.25. The van der Waals surface area contributed by atoms with Gasteiger partial charge < -0.3 is 4.90 Å². The lowest BCUT2D eigenvalue weighted by molar-refractivity contribution is 0.881. The summed E-state index contributed by atoms with van der Waals surface area (Å²) < 4.78 is 0. The number of hydrogen-bond donors (Lipinski definition) is 0. The number of fused-ring (bicyclic) bond motifs is 1.